The summed E-state index contributed by atoms with van der Waals surface area (Å²) in [6.45, 7) is 1.55. The van der Waals surface area contributed by atoms with Crippen molar-refractivity contribution in [2.45, 2.75) is 31.7 Å². The number of likely N-dealkylation sites (tertiary alicyclic amines) is 1. The van der Waals surface area contributed by atoms with E-state index in [2.05, 4.69) is 6.07 Å². The first-order valence-corrected chi connectivity index (χ1v) is 6.72. The maximum absolute atomic E-state index is 12.2. The van der Waals surface area contributed by atoms with Gasteiger partial charge in [0.2, 0.25) is 0 Å². The molecule has 1 saturated heterocycles. The van der Waals surface area contributed by atoms with E-state index in [0.29, 0.717) is 0 Å². The van der Waals surface area contributed by atoms with Gasteiger partial charge < -0.3 is 10.6 Å². The molecule has 1 aromatic heterocycles. The summed E-state index contributed by atoms with van der Waals surface area (Å²) < 4.78 is 0. The second kappa shape index (κ2) is 4.96. The van der Waals surface area contributed by atoms with Gasteiger partial charge in [-0.05, 0) is 37.3 Å². The summed E-state index contributed by atoms with van der Waals surface area (Å²) in [6.07, 6.45) is 4.51. The fraction of sp³-hybridized carbons (Fsp3) is 0.583. The number of thiophene rings is 1. The van der Waals surface area contributed by atoms with Gasteiger partial charge >= 0.3 is 0 Å². The lowest BCUT2D eigenvalue weighted by molar-refractivity contribution is 0.0795. The average molecular weight is 273 g/mol. The number of nitrogens with zero attached hydrogens (tertiary/aromatic N) is 1. The zero-order chi connectivity index (χ0) is 11.1. The number of nitrogens with two attached hydrogens (primary N) is 1. The van der Waals surface area contributed by atoms with Gasteiger partial charge in [-0.1, -0.05) is 0 Å². The number of aryl methyl sites for hydroxylation is 2. The molecule has 0 saturated carbocycles. The lowest BCUT2D eigenvalue weighted by atomic mass is 10.2. The van der Waals surface area contributed by atoms with Gasteiger partial charge in [0.1, 0.15) is 0 Å². The van der Waals surface area contributed by atoms with Gasteiger partial charge in [-0.15, -0.1) is 23.7 Å². The Hall–Kier alpha value is -0.580. The summed E-state index contributed by atoms with van der Waals surface area (Å²) in [5, 5.41) is 0. The molecule has 1 aromatic rings. The summed E-state index contributed by atoms with van der Waals surface area (Å²) in [5.41, 5.74) is 7.22. The van der Waals surface area contributed by atoms with Crippen LogP contribution in [0.3, 0.4) is 0 Å². The number of carbonyl (C=O) groups is 1. The molecule has 2 aliphatic rings. The molecule has 1 amide bonds. The molecule has 5 heteroatoms. The predicted molar refractivity (Wildman–Crippen MR) is 72.1 cm³/mol. The van der Waals surface area contributed by atoms with Crippen molar-refractivity contribution < 1.29 is 4.79 Å². The van der Waals surface area contributed by atoms with E-state index in [0.717, 1.165) is 37.2 Å². The normalized spacial score (nSPS) is 22.4. The topological polar surface area (TPSA) is 46.3 Å². The number of rotatable bonds is 1. The van der Waals surface area contributed by atoms with Crippen molar-refractivity contribution >= 4 is 29.7 Å². The van der Waals surface area contributed by atoms with Crippen molar-refractivity contribution in [3.8, 4) is 0 Å². The first-order chi connectivity index (χ1) is 7.74. The number of fused-ring (bicyclic) bond motifs is 1. The van der Waals surface area contributed by atoms with Crippen LogP contribution >= 0.6 is 23.7 Å². The molecule has 0 aromatic carbocycles. The van der Waals surface area contributed by atoms with Crippen LogP contribution in [0.1, 0.15) is 33.0 Å². The standard InChI is InChI=1S/C12H16N2OS.ClH/c13-9-4-5-14(7-9)12(15)11-6-8-2-1-3-10(8)16-11;/h6,9H,1-5,7,13H2;1H. The number of halogens is 1. The third kappa shape index (κ3) is 2.34. The third-order valence-electron chi connectivity index (χ3n) is 3.47. The molecule has 2 heterocycles. The second-order valence-corrected chi connectivity index (χ2v) is 5.85. The molecule has 1 aliphatic carbocycles. The molecule has 0 bridgehead atoms. The molecule has 1 unspecified atom stereocenters. The van der Waals surface area contributed by atoms with E-state index in [1.807, 2.05) is 4.90 Å². The van der Waals surface area contributed by atoms with Crippen LogP contribution in [-0.2, 0) is 12.8 Å². The maximum atomic E-state index is 12.2. The molecule has 1 atom stereocenters. The van der Waals surface area contributed by atoms with Gasteiger partial charge in [-0.3, -0.25) is 4.79 Å². The van der Waals surface area contributed by atoms with Gasteiger partial charge in [-0.25, -0.2) is 0 Å². The van der Waals surface area contributed by atoms with Gasteiger partial charge in [0.05, 0.1) is 4.88 Å². The van der Waals surface area contributed by atoms with E-state index in [1.165, 1.54) is 16.9 Å². The van der Waals surface area contributed by atoms with Gasteiger partial charge in [-0.2, -0.15) is 0 Å². The Bertz CT molecular complexity index is 411. The quantitative estimate of drug-likeness (QED) is 0.848. The van der Waals surface area contributed by atoms with Crippen molar-refractivity contribution in [1.82, 2.24) is 4.90 Å². The highest BCUT2D eigenvalue weighted by Gasteiger charge is 2.27. The number of hydrogen-bond acceptors (Lipinski definition) is 3. The Morgan fingerprint density at radius 2 is 2.29 bits per heavy atom. The fourth-order valence-corrected chi connectivity index (χ4v) is 3.78. The van der Waals surface area contributed by atoms with Crippen molar-refractivity contribution in [2.75, 3.05) is 13.1 Å². The molecule has 0 spiro atoms. The van der Waals surface area contributed by atoms with E-state index in [1.54, 1.807) is 11.3 Å². The highest BCUT2D eigenvalue weighted by atomic mass is 35.5. The van der Waals surface area contributed by atoms with Gasteiger partial charge in [0.25, 0.3) is 5.91 Å². The molecular formula is C12H17ClN2OS. The summed E-state index contributed by atoms with van der Waals surface area (Å²) in [4.78, 5) is 16.4. The minimum atomic E-state index is 0. The van der Waals surface area contributed by atoms with Crippen molar-refractivity contribution in [2.24, 2.45) is 5.73 Å². The van der Waals surface area contributed by atoms with Gasteiger partial charge in [0, 0.05) is 24.0 Å². The van der Waals surface area contributed by atoms with E-state index in [9.17, 15) is 4.79 Å². The average Bonchev–Trinajstić information content (AvgIpc) is 2.89. The lowest BCUT2D eigenvalue weighted by Gasteiger charge is -2.14. The molecule has 3 rings (SSSR count). The van der Waals surface area contributed by atoms with E-state index < -0.39 is 0 Å². The van der Waals surface area contributed by atoms with Crippen molar-refractivity contribution in [3.63, 3.8) is 0 Å². The monoisotopic (exact) mass is 272 g/mol. The largest absolute Gasteiger partial charge is 0.336 e. The molecule has 2 N–H and O–H groups in total. The maximum Gasteiger partial charge on any atom is 0.263 e. The van der Waals surface area contributed by atoms with Crippen molar-refractivity contribution in [3.05, 3.63) is 21.4 Å². The first kappa shape index (κ1) is 12.9. The SMILES string of the molecule is Cl.NC1CCN(C(=O)c2cc3c(s2)CCC3)C1. The Morgan fingerprint density at radius 1 is 1.47 bits per heavy atom. The zero-order valence-corrected chi connectivity index (χ0v) is 11.3. The van der Waals surface area contributed by atoms with Crippen LogP contribution in [0.5, 0.6) is 0 Å². The minimum Gasteiger partial charge on any atom is -0.336 e. The molecule has 3 nitrogen and oxygen atoms in total. The number of amides is 1. The smallest absolute Gasteiger partial charge is 0.263 e. The van der Waals surface area contributed by atoms with Crippen LogP contribution in [0.4, 0.5) is 0 Å². The molecule has 17 heavy (non-hydrogen) atoms. The molecule has 94 valence electrons. The highest BCUT2D eigenvalue weighted by Crippen LogP contribution is 2.31. The van der Waals surface area contributed by atoms with E-state index in [-0.39, 0.29) is 24.4 Å². The summed E-state index contributed by atoms with van der Waals surface area (Å²) in [5.74, 6) is 0.187. The zero-order valence-electron chi connectivity index (χ0n) is 9.65. The second-order valence-electron chi connectivity index (χ2n) is 4.71. The summed E-state index contributed by atoms with van der Waals surface area (Å²) >= 11 is 1.69. The fourth-order valence-electron chi connectivity index (χ4n) is 2.56. The molecular weight excluding hydrogens is 256 g/mol. The van der Waals surface area contributed by atoms with E-state index in [4.69, 9.17) is 5.73 Å². The van der Waals surface area contributed by atoms with Crippen LogP contribution in [0.25, 0.3) is 0 Å². The van der Waals surface area contributed by atoms with Crippen LogP contribution in [0.2, 0.25) is 0 Å². The van der Waals surface area contributed by atoms with Crippen LogP contribution in [0, 0.1) is 0 Å². The molecule has 0 radical (unpaired) electrons. The Kier molecular flexibility index (Phi) is 3.76. The number of carbonyl (C=O) groups excluding carboxylic acids is 1. The van der Waals surface area contributed by atoms with Crippen LogP contribution in [0.15, 0.2) is 6.07 Å². The number of hydrogen-bond donors (Lipinski definition) is 1. The summed E-state index contributed by atoms with van der Waals surface area (Å²) in [6, 6.07) is 2.27. The Balaban J connectivity index is 0.00000108. The molecule has 1 aliphatic heterocycles. The first-order valence-electron chi connectivity index (χ1n) is 5.90. The van der Waals surface area contributed by atoms with Crippen LogP contribution < -0.4 is 5.73 Å². The Labute approximate surface area is 111 Å². The predicted octanol–water partition coefficient (Wildman–Crippen LogP) is 1.83. The minimum absolute atomic E-state index is 0. The van der Waals surface area contributed by atoms with Crippen molar-refractivity contribution in [1.29, 1.82) is 0 Å². The Morgan fingerprint density at radius 3 is 2.94 bits per heavy atom. The van der Waals surface area contributed by atoms with Crippen LogP contribution in [-0.4, -0.2) is 29.9 Å². The lowest BCUT2D eigenvalue weighted by Crippen LogP contribution is -2.31. The summed E-state index contributed by atoms with van der Waals surface area (Å²) in [7, 11) is 0. The molecule has 1 fully saturated rings. The highest BCUT2D eigenvalue weighted by molar-refractivity contribution is 7.14. The van der Waals surface area contributed by atoms with Gasteiger partial charge in [0.15, 0.2) is 0 Å². The third-order valence-corrected chi connectivity index (χ3v) is 4.69. The van der Waals surface area contributed by atoms with E-state index >= 15 is 0 Å².